The standard InChI is InChI=1S/C29H23N3O9S/c33-17-30-23-26(34)31-24(28(35)41-25(18-7-3-1-4-8-18)19-9-5-2-6-10-19)20(16-42-27(23)31)15-39-29(36)40-22-13-11-21(12-14-22)32(37)38/h1-14,17,23,25,27H,15-16H2,(H,30,33)/t23?,27-/m1/s1. The first kappa shape index (κ1) is 28.4. The zero-order valence-electron chi connectivity index (χ0n) is 21.8. The Bertz CT molecular complexity index is 1490. The second-order valence-electron chi connectivity index (χ2n) is 9.12. The van der Waals surface area contributed by atoms with E-state index in [4.69, 9.17) is 14.2 Å². The molecule has 2 heterocycles. The van der Waals surface area contributed by atoms with E-state index in [0.717, 1.165) is 0 Å². The Balaban J connectivity index is 1.39. The van der Waals surface area contributed by atoms with Crippen molar-refractivity contribution in [2.24, 2.45) is 0 Å². The Morgan fingerprint density at radius 2 is 1.64 bits per heavy atom. The van der Waals surface area contributed by atoms with Gasteiger partial charge in [-0.3, -0.25) is 24.6 Å². The number of nitrogens with zero attached hydrogens (tertiary/aromatic N) is 2. The third kappa shape index (κ3) is 5.95. The van der Waals surface area contributed by atoms with E-state index in [1.54, 1.807) is 0 Å². The summed E-state index contributed by atoms with van der Waals surface area (Å²) >= 11 is 1.29. The summed E-state index contributed by atoms with van der Waals surface area (Å²) in [5, 5.41) is 12.8. The van der Waals surface area contributed by atoms with Crippen LogP contribution in [0.3, 0.4) is 0 Å². The lowest BCUT2D eigenvalue weighted by Gasteiger charge is -2.49. The predicted octanol–water partition coefficient (Wildman–Crippen LogP) is 3.73. The molecule has 0 spiro atoms. The fourth-order valence-corrected chi connectivity index (χ4v) is 5.87. The Labute approximate surface area is 243 Å². The fourth-order valence-electron chi connectivity index (χ4n) is 4.53. The van der Waals surface area contributed by atoms with Gasteiger partial charge in [0.15, 0.2) is 6.10 Å². The number of esters is 1. The number of nitro benzene ring substituents is 1. The number of hydrogen-bond donors (Lipinski definition) is 1. The summed E-state index contributed by atoms with van der Waals surface area (Å²) in [5.74, 6) is -1.10. The van der Waals surface area contributed by atoms with Gasteiger partial charge in [-0.15, -0.1) is 11.8 Å². The smallest absolute Gasteiger partial charge is 0.448 e. The second-order valence-corrected chi connectivity index (χ2v) is 10.2. The van der Waals surface area contributed by atoms with Crippen LogP contribution in [0.15, 0.2) is 96.2 Å². The minimum absolute atomic E-state index is 0.0200. The molecule has 0 radical (unpaired) electrons. The number of ether oxygens (including phenoxy) is 3. The van der Waals surface area contributed by atoms with Crippen molar-refractivity contribution in [1.82, 2.24) is 10.2 Å². The normalized spacial score (nSPS) is 17.5. The molecular formula is C29H23N3O9S. The average Bonchev–Trinajstić information content (AvgIpc) is 3.02. The third-order valence-corrected chi connectivity index (χ3v) is 7.87. The van der Waals surface area contributed by atoms with Crippen molar-refractivity contribution in [3.8, 4) is 5.75 Å². The van der Waals surface area contributed by atoms with Crippen molar-refractivity contribution in [3.05, 3.63) is 117 Å². The van der Waals surface area contributed by atoms with Crippen LogP contribution in [-0.2, 0) is 23.9 Å². The van der Waals surface area contributed by atoms with Crippen LogP contribution in [0.4, 0.5) is 10.5 Å². The van der Waals surface area contributed by atoms with Gasteiger partial charge in [0.05, 0.1) is 4.92 Å². The van der Waals surface area contributed by atoms with Gasteiger partial charge < -0.3 is 19.5 Å². The molecule has 214 valence electrons. The molecule has 2 aliphatic heterocycles. The van der Waals surface area contributed by atoms with E-state index in [9.17, 15) is 29.3 Å². The number of thioether (sulfide) groups is 1. The molecule has 0 saturated carbocycles. The van der Waals surface area contributed by atoms with Crippen LogP contribution in [0.1, 0.15) is 17.2 Å². The van der Waals surface area contributed by atoms with Gasteiger partial charge in [-0.2, -0.15) is 0 Å². The quantitative estimate of drug-likeness (QED) is 0.0924. The topological polar surface area (TPSA) is 154 Å². The summed E-state index contributed by atoms with van der Waals surface area (Å²) in [5.41, 5.74) is 1.47. The van der Waals surface area contributed by atoms with E-state index in [0.29, 0.717) is 23.1 Å². The summed E-state index contributed by atoms with van der Waals surface area (Å²) in [7, 11) is 0. The highest BCUT2D eigenvalue weighted by atomic mass is 32.2. The lowest BCUT2D eigenvalue weighted by Crippen LogP contribution is -2.69. The van der Waals surface area contributed by atoms with Crippen LogP contribution < -0.4 is 10.1 Å². The van der Waals surface area contributed by atoms with Gasteiger partial charge >= 0.3 is 12.1 Å². The van der Waals surface area contributed by atoms with Crippen molar-refractivity contribution in [2.75, 3.05) is 12.4 Å². The minimum atomic E-state index is -1.11. The molecule has 3 aromatic rings. The molecule has 1 fully saturated rings. The van der Waals surface area contributed by atoms with Crippen molar-refractivity contribution in [1.29, 1.82) is 0 Å². The lowest BCUT2D eigenvalue weighted by molar-refractivity contribution is -0.384. The summed E-state index contributed by atoms with van der Waals surface area (Å²) in [6.45, 7) is -0.396. The number of rotatable bonds is 10. The van der Waals surface area contributed by atoms with Crippen LogP contribution in [0, 0.1) is 10.1 Å². The van der Waals surface area contributed by atoms with Crippen molar-refractivity contribution in [3.63, 3.8) is 0 Å². The number of amides is 2. The molecule has 3 aromatic carbocycles. The maximum Gasteiger partial charge on any atom is 0.514 e. The largest absolute Gasteiger partial charge is 0.514 e. The fraction of sp³-hybridized carbons (Fsp3) is 0.172. The molecule has 42 heavy (non-hydrogen) atoms. The lowest BCUT2D eigenvalue weighted by atomic mass is 10.0. The number of non-ortho nitro benzene ring substituents is 1. The molecule has 1 N–H and O–H groups in total. The van der Waals surface area contributed by atoms with E-state index in [1.165, 1.54) is 40.9 Å². The molecule has 1 saturated heterocycles. The predicted molar refractivity (Wildman–Crippen MR) is 149 cm³/mol. The highest BCUT2D eigenvalue weighted by Crippen LogP contribution is 2.41. The Kier molecular flexibility index (Phi) is 8.48. The van der Waals surface area contributed by atoms with Crippen LogP contribution in [-0.4, -0.2) is 58.0 Å². The first-order valence-electron chi connectivity index (χ1n) is 12.6. The van der Waals surface area contributed by atoms with Crippen LogP contribution in [0.5, 0.6) is 5.75 Å². The number of fused-ring (bicyclic) bond motifs is 1. The van der Waals surface area contributed by atoms with Gasteiger partial charge in [0.25, 0.3) is 11.6 Å². The molecule has 1 unspecified atom stereocenters. The van der Waals surface area contributed by atoms with Gasteiger partial charge in [-0.1, -0.05) is 60.7 Å². The monoisotopic (exact) mass is 589 g/mol. The number of nitrogens with one attached hydrogen (secondary N) is 1. The summed E-state index contributed by atoms with van der Waals surface area (Å²) in [6, 6.07) is 22.2. The van der Waals surface area contributed by atoms with Gasteiger partial charge in [0.2, 0.25) is 6.41 Å². The number of nitro groups is 1. The van der Waals surface area contributed by atoms with Crippen molar-refractivity contribution < 1.29 is 38.3 Å². The molecule has 13 heteroatoms. The molecule has 0 aromatic heterocycles. The zero-order chi connectivity index (χ0) is 29.6. The Hall–Kier alpha value is -5.17. The molecule has 2 atom stereocenters. The molecule has 0 bridgehead atoms. The summed E-state index contributed by atoms with van der Waals surface area (Å²) < 4.78 is 16.3. The van der Waals surface area contributed by atoms with E-state index in [2.05, 4.69) is 5.32 Å². The SMILES string of the molecule is O=CNC1C(=O)N2C(C(=O)OC(c3ccccc3)c3ccccc3)=C(COC(=O)Oc3ccc([N+](=O)[O-])cc3)CS[C@H]12. The first-order chi connectivity index (χ1) is 20.4. The molecule has 12 nitrogen and oxygen atoms in total. The molecule has 5 rings (SSSR count). The Morgan fingerprint density at radius 1 is 1.02 bits per heavy atom. The molecule has 2 aliphatic rings. The molecule has 2 amide bonds. The van der Waals surface area contributed by atoms with E-state index < -0.39 is 47.1 Å². The van der Waals surface area contributed by atoms with Crippen molar-refractivity contribution in [2.45, 2.75) is 17.5 Å². The van der Waals surface area contributed by atoms with Gasteiger partial charge in [0.1, 0.15) is 29.5 Å². The summed E-state index contributed by atoms with van der Waals surface area (Å²) in [4.78, 5) is 61.7. The maximum absolute atomic E-state index is 13.8. The Morgan fingerprint density at radius 3 is 2.21 bits per heavy atom. The average molecular weight is 590 g/mol. The van der Waals surface area contributed by atoms with Gasteiger partial charge in [-0.05, 0) is 23.3 Å². The van der Waals surface area contributed by atoms with E-state index in [1.807, 2.05) is 60.7 Å². The number of carbonyl (C=O) groups is 4. The molecular weight excluding hydrogens is 566 g/mol. The van der Waals surface area contributed by atoms with Crippen LogP contribution in [0.2, 0.25) is 0 Å². The maximum atomic E-state index is 13.8. The number of β-lactam (4-membered cyclic amide) rings is 1. The summed E-state index contributed by atoms with van der Waals surface area (Å²) in [6.07, 6.45) is -1.48. The number of hydrogen-bond acceptors (Lipinski definition) is 10. The first-order valence-corrected chi connectivity index (χ1v) is 13.7. The molecule has 0 aliphatic carbocycles. The van der Waals surface area contributed by atoms with Crippen LogP contribution >= 0.6 is 11.8 Å². The highest BCUT2D eigenvalue weighted by molar-refractivity contribution is 8.00. The van der Waals surface area contributed by atoms with Gasteiger partial charge in [-0.25, -0.2) is 9.59 Å². The second kappa shape index (κ2) is 12.6. The number of carbonyl (C=O) groups excluding carboxylic acids is 4. The van der Waals surface area contributed by atoms with Gasteiger partial charge in [0, 0.05) is 23.5 Å². The third-order valence-electron chi connectivity index (χ3n) is 6.53. The van der Waals surface area contributed by atoms with E-state index in [-0.39, 0.29) is 22.9 Å². The highest BCUT2D eigenvalue weighted by Gasteiger charge is 2.54. The minimum Gasteiger partial charge on any atom is -0.448 e. The zero-order valence-corrected chi connectivity index (χ0v) is 22.6. The van der Waals surface area contributed by atoms with Crippen molar-refractivity contribution >= 4 is 41.9 Å². The van der Waals surface area contributed by atoms with Crippen LogP contribution in [0.25, 0.3) is 0 Å². The van der Waals surface area contributed by atoms with E-state index >= 15 is 0 Å². The number of benzene rings is 3.